The van der Waals surface area contributed by atoms with E-state index in [1.165, 1.54) is 0 Å². The van der Waals surface area contributed by atoms with Gasteiger partial charge >= 0.3 is 0 Å². The molecule has 0 spiro atoms. The van der Waals surface area contributed by atoms with Crippen LogP contribution in [0.15, 0.2) is 11.6 Å². The first kappa shape index (κ1) is 15.4. The van der Waals surface area contributed by atoms with E-state index in [2.05, 4.69) is 13.0 Å². The standard InChI is InChI=1S/C17H22Cl2O3/c1-9-6-7-17-15(5)11(19)10(18)14(15,4)12(20)16(9,17)8-21-13(2,3)22-17/h6,10-11H,7-8H2,1-5H3/t10?,11?,14-,15-,16+,17+/m1/s1. The molecule has 1 heterocycles. The number of ketones is 1. The molecule has 0 aromatic carbocycles. The molecule has 0 aromatic heterocycles. The van der Waals surface area contributed by atoms with Crippen LogP contribution in [-0.2, 0) is 14.3 Å². The fraction of sp³-hybridized carbons (Fsp3) is 0.824. The van der Waals surface area contributed by atoms with Gasteiger partial charge in [0.1, 0.15) is 11.0 Å². The van der Waals surface area contributed by atoms with Crippen molar-refractivity contribution in [2.75, 3.05) is 6.61 Å². The number of Topliss-reactive ketones (excluding diaryl/α,β-unsaturated/α-hetero) is 1. The number of fused-ring (bicyclic) bond motifs is 1. The molecular formula is C17H22Cl2O3. The Morgan fingerprint density at radius 3 is 2.45 bits per heavy atom. The largest absolute Gasteiger partial charge is 0.349 e. The quantitative estimate of drug-likeness (QED) is 0.496. The van der Waals surface area contributed by atoms with E-state index in [0.717, 1.165) is 5.57 Å². The maximum atomic E-state index is 13.6. The number of alkyl halides is 2. The Hall–Kier alpha value is -0.0900. The van der Waals surface area contributed by atoms with Gasteiger partial charge in [-0.3, -0.25) is 4.79 Å². The molecule has 4 aliphatic rings. The number of hydrogen-bond donors (Lipinski definition) is 0. The van der Waals surface area contributed by atoms with Crippen molar-refractivity contribution in [1.29, 1.82) is 0 Å². The number of hydrogen-bond acceptors (Lipinski definition) is 3. The normalized spacial score (nSPS) is 58.5. The lowest BCUT2D eigenvalue weighted by molar-refractivity contribution is -0.365. The lowest BCUT2D eigenvalue weighted by Crippen LogP contribution is -2.73. The lowest BCUT2D eigenvalue weighted by atomic mass is 9.47. The minimum Gasteiger partial charge on any atom is -0.349 e. The van der Waals surface area contributed by atoms with E-state index in [9.17, 15) is 4.79 Å². The maximum Gasteiger partial charge on any atom is 0.163 e. The first-order valence-electron chi connectivity index (χ1n) is 7.86. The van der Waals surface area contributed by atoms with Gasteiger partial charge < -0.3 is 9.47 Å². The Kier molecular flexibility index (Phi) is 2.64. The molecule has 1 saturated heterocycles. The van der Waals surface area contributed by atoms with Gasteiger partial charge in [-0.2, -0.15) is 0 Å². The minimum absolute atomic E-state index is 0.140. The van der Waals surface area contributed by atoms with Gasteiger partial charge in [-0.05, 0) is 27.2 Å². The third-order valence-corrected chi connectivity index (χ3v) is 8.76. The zero-order valence-electron chi connectivity index (χ0n) is 13.6. The predicted molar refractivity (Wildman–Crippen MR) is 85.2 cm³/mol. The van der Waals surface area contributed by atoms with Gasteiger partial charge in [0.05, 0.1) is 22.8 Å². The fourth-order valence-electron chi connectivity index (χ4n) is 5.75. The van der Waals surface area contributed by atoms with E-state index in [1.54, 1.807) is 0 Å². The summed E-state index contributed by atoms with van der Waals surface area (Å²) in [5.74, 6) is -0.592. The van der Waals surface area contributed by atoms with Crippen LogP contribution in [0.4, 0.5) is 0 Å². The zero-order valence-corrected chi connectivity index (χ0v) is 15.1. The second kappa shape index (κ2) is 3.77. The van der Waals surface area contributed by atoms with Crippen LogP contribution in [0.3, 0.4) is 0 Å². The number of ether oxygens (including phenoxy) is 2. The Morgan fingerprint density at radius 1 is 1.18 bits per heavy atom. The van der Waals surface area contributed by atoms with Gasteiger partial charge in [0.15, 0.2) is 11.6 Å². The van der Waals surface area contributed by atoms with Gasteiger partial charge in [-0.25, -0.2) is 0 Å². The van der Waals surface area contributed by atoms with Gasteiger partial charge in [0.25, 0.3) is 0 Å². The van der Waals surface area contributed by atoms with Crippen LogP contribution >= 0.6 is 23.2 Å². The molecule has 4 rings (SSSR count). The van der Waals surface area contributed by atoms with Crippen molar-refractivity contribution in [3.05, 3.63) is 11.6 Å². The highest BCUT2D eigenvalue weighted by molar-refractivity contribution is 6.35. The summed E-state index contributed by atoms with van der Waals surface area (Å²) in [4.78, 5) is 13.6. The second-order valence-corrected chi connectivity index (χ2v) is 9.09. The van der Waals surface area contributed by atoms with Crippen molar-refractivity contribution >= 4 is 29.0 Å². The molecular weight excluding hydrogens is 323 g/mol. The molecule has 3 fully saturated rings. The summed E-state index contributed by atoms with van der Waals surface area (Å²) in [6, 6.07) is 0. The molecule has 0 N–H and O–H groups in total. The van der Waals surface area contributed by atoms with E-state index in [-0.39, 0.29) is 16.5 Å². The molecule has 0 aromatic rings. The van der Waals surface area contributed by atoms with Crippen molar-refractivity contribution in [2.45, 2.75) is 63.2 Å². The summed E-state index contributed by atoms with van der Waals surface area (Å²) in [6.45, 7) is 10.2. The Bertz CT molecular complexity index is 629. The number of carbonyl (C=O) groups is 1. The molecule has 5 heteroatoms. The van der Waals surface area contributed by atoms with E-state index >= 15 is 0 Å². The highest BCUT2D eigenvalue weighted by Crippen LogP contribution is 2.81. The first-order chi connectivity index (χ1) is 10.0. The fourth-order valence-corrected chi connectivity index (χ4v) is 6.98. The molecule has 0 bridgehead atoms. The summed E-state index contributed by atoms with van der Waals surface area (Å²) in [5.41, 5.74) is -1.54. The SMILES string of the molecule is CC1=CC[C@@]23OC(C)(C)OC[C@@]12C(=O)[C@@]1(C)C(Cl)C(Cl)[C@@]31C. The molecule has 2 saturated carbocycles. The van der Waals surface area contributed by atoms with E-state index in [1.807, 2.05) is 27.7 Å². The molecule has 6 atom stereocenters. The molecule has 0 radical (unpaired) electrons. The third-order valence-electron chi connectivity index (χ3n) is 7.25. The Labute approximate surface area is 141 Å². The van der Waals surface area contributed by atoms with Crippen LogP contribution in [-0.4, -0.2) is 34.5 Å². The summed E-state index contributed by atoms with van der Waals surface area (Å²) in [7, 11) is 0. The predicted octanol–water partition coefficient (Wildman–Crippen LogP) is 3.67. The van der Waals surface area contributed by atoms with Gasteiger partial charge in [0, 0.05) is 5.41 Å². The van der Waals surface area contributed by atoms with Crippen LogP contribution in [0.5, 0.6) is 0 Å². The highest BCUT2D eigenvalue weighted by atomic mass is 35.5. The molecule has 22 heavy (non-hydrogen) atoms. The van der Waals surface area contributed by atoms with Crippen LogP contribution in [0.2, 0.25) is 0 Å². The van der Waals surface area contributed by atoms with Crippen LogP contribution in [0.25, 0.3) is 0 Å². The Balaban J connectivity index is 2.02. The molecule has 1 aliphatic heterocycles. The lowest BCUT2D eigenvalue weighted by Gasteiger charge is -2.65. The molecule has 122 valence electrons. The summed E-state index contributed by atoms with van der Waals surface area (Å²) >= 11 is 13.2. The number of rotatable bonds is 0. The molecule has 2 unspecified atom stereocenters. The first-order valence-corrected chi connectivity index (χ1v) is 8.73. The van der Waals surface area contributed by atoms with E-state index in [0.29, 0.717) is 13.0 Å². The number of halogens is 2. The minimum atomic E-state index is -0.747. The molecule has 3 nitrogen and oxygen atoms in total. The monoisotopic (exact) mass is 344 g/mol. The molecule has 0 amide bonds. The van der Waals surface area contributed by atoms with Gasteiger partial charge in [-0.1, -0.05) is 25.5 Å². The van der Waals surface area contributed by atoms with Crippen LogP contribution in [0, 0.1) is 16.2 Å². The topological polar surface area (TPSA) is 35.5 Å². The summed E-state index contributed by atoms with van der Waals surface area (Å²) in [6.07, 6.45) is 2.81. The zero-order chi connectivity index (χ0) is 16.3. The average Bonchev–Trinajstić information content (AvgIpc) is 2.81. The van der Waals surface area contributed by atoms with E-state index < -0.39 is 27.6 Å². The van der Waals surface area contributed by atoms with Crippen molar-refractivity contribution in [2.24, 2.45) is 16.2 Å². The van der Waals surface area contributed by atoms with E-state index in [4.69, 9.17) is 32.7 Å². The Morgan fingerprint density at radius 2 is 1.82 bits per heavy atom. The molecule has 3 aliphatic carbocycles. The summed E-state index contributed by atoms with van der Waals surface area (Å²) < 4.78 is 12.5. The summed E-state index contributed by atoms with van der Waals surface area (Å²) in [5, 5.41) is -0.665. The smallest absolute Gasteiger partial charge is 0.163 e. The maximum absolute atomic E-state index is 13.6. The van der Waals surface area contributed by atoms with Crippen molar-refractivity contribution in [3.8, 4) is 0 Å². The number of carbonyl (C=O) groups excluding carboxylic acids is 1. The van der Waals surface area contributed by atoms with Crippen LogP contribution in [0.1, 0.15) is 41.0 Å². The van der Waals surface area contributed by atoms with Crippen molar-refractivity contribution in [1.82, 2.24) is 0 Å². The highest BCUT2D eigenvalue weighted by Gasteiger charge is 2.91. The van der Waals surface area contributed by atoms with Crippen LogP contribution < -0.4 is 0 Å². The van der Waals surface area contributed by atoms with Crippen molar-refractivity contribution < 1.29 is 14.3 Å². The second-order valence-electron chi connectivity index (χ2n) is 8.15. The average molecular weight is 345 g/mol. The van der Waals surface area contributed by atoms with Crippen molar-refractivity contribution in [3.63, 3.8) is 0 Å². The van der Waals surface area contributed by atoms with Gasteiger partial charge in [0.2, 0.25) is 0 Å². The third kappa shape index (κ3) is 1.11. The van der Waals surface area contributed by atoms with Gasteiger partial charge in [-0.15, -0.1) is 23.2 Å².